The third kappa shape index (κ3) is 5.66. The van der Waals surface area contributed by atoms with Crippen LogP contribution < -0.4 is 0 Å². The van der Waals surface area contributed by atoms with Crippen LogP contribution in [0.3, 0.4) is 0 Å². The van der Waals surface area contributed by atoms with Crippen LogP contribution in [0.2, 0.25) is 0 Å². The molecule has 2 aromatic rings. The molecule has 5 rings (SSSR count). The van der Waals surface area contributed by atoms with E-state index in [0.717, 1.165) is 19.6 Å². The Morgan fingerprint density at radius 2 is 1.56 bits per heavy atom. The van der Waals surface area contributed by atoms with Crippen molar-refractivity contribution >= 4 is 27.5 Å². The molecule has 39 heavy (non-hydrogen) atoms. The molecule has 1 N–H and O–H groups in total. The standard InChI is InChI=1S/C27H33N3O8S/c1-19-3-8-22(38-19)24-23(26(32)27(33)30(24)10-2-9-28-11-15-36-16-12-28)25(31)20-4-6-21(7-5-20)39(34,35)29-13-17-37-18-14-29/h3-8,24,31H,2,9-18H2,1H3/t24-/m1/s1. The molecule has 0 bridgehead atoms. The van der Waals surface area contributed by atoms with Crippen LogP contribution in [0, 0.1) is 6.92 Å². The van der Waals surface area contributed by atoms with Crippen LogP contribution in [-0.4, -0.2) is 105 Å². The van der Waals surface area contributed by atoms with Gasteiger partial charge in [-0.1, -0.05) is 0 Å². The number of amides is 1. The van der Waals surface area contributed by atoms with Crippen LogP contribution in [0.5, 0.6) is 0 Å². The minimum absolute atomic E-state index is 0.0720. The lowest BCUT2D eigenvalue weighted by atomic mass is 9.99. The molecule has 210 valence electrons. The van der Waals surface area contributed by atoms with E-state index in [4.69, 9.17) is 13.9 Å². The molecule has 0 radical (unpaired) electrons. The van der Waals surface area contributed by atoms with Gasteiger partial charge in [-0.15, -0.1) is 0 Å². The van der Waals surface area contributed by atoms with Gasteiger partial charge in [0.15, 0.2) is 0 Å². The molecule has 11 nitrogen and oxygen atoms in total. The summed E-state index contributed by atoms with van der Waals surface area (Å²) in [6, 6.07) is 8.23. The molecule has 3 aliphatic heterocycles. The minimum Gasteiger partial charge on any atom is -0.507 e. The fraction of sp³-hybridized carbons (Fsp3) is 0.481. The second-order valence-electron chi connectivity index (χ2n) is 9.79. The number of aliphatic hydroxyl groups is 1. The summed E-state index contributed by atoms with van der Waals surface area (Å²) in [7, 11) is -3.72. The Labute approximate surface area is 227 Å². The van der Waals surface area contributed by atoms with E-state index >= 15 is 0 Å². The SMILES string of the molecule is Cc1ccc([C@@H]2C(=C(O)c3ccc(S(=O)(=O)N4CCOCC4)cc3)C(=O)C(=O)N2CCCN2CCOCC2)o1. The zero-order valence-electron chi connectivity index (χ0n) is 21.9. The first-order valence-corrected chi connectivity index (χ1v) is 14.5. The molecule has 0 spiro atoms. The van der Waals surface area contributed by atoms with Gasteiger partial charge in [-0.05, 0) is 49.7 Å². The molecule has 4 heterocycles. The van der Waals surface area contributed by atoms with Crippen LogP contribution in [0.15, 0.2) is 51.3 Å². The summed E-state index contributed by atoms with van der Waals surface area (Å²) in [4.78, 5) is 30.1. The van der Waals surface area contributed by atoms with E-state index in [1.54, 1.807) is 19.1 Å². The Bertz CT molecular complexity index is 1340. The molecule has 1 aromatic heterocycles. The number of carbonyl (C=O) groups excluding carboxylic acids is 2. The molecule has 12 heteroatoms. The molecular formula is C27H33N3O8S. The lowest BCUT2D eigenvalue weighted by molar-refractivity contribution is -0.140. The maximum atomic E-state index is 13.2. The van der Waals surface area contributed by atoms with Gasteiger partial charge in [0.1, 0.15) is 23.3 Å². The van der Waals surface area contributed by atoms with E-state index in [9.17, 15) is 23.1 Å². The van der Waals surface area contributed by atoms with Crippen molar-refractivity contribution in [3.63, 3.8) is 0 Å². The Morgan fingerprint density at radius 3 is 2.18 bits per heavy atom. The molecule has 0 aliphatic carbocycles. The zero-order valence-corrected chi connectivity index (χ0v) is 22.7. The van der Waals surface area contributed by atoms with Gasteiger partial charge in [0.2, 0.25) is 10.0 Å². The highest BCUT2D eigenvalue weighted by Gasteiger charge is 2.47. The number of morpholine rings is 2. The first-order chi connectivity index (χ1) is 18.8. The molecule has 1 amide bonds. The highest BCUT2D eigenvalue weighted by molar-refractivity contribution is 7.89. The van der Waals surface area contributed by atoms with Gasteiger partial charge in [-0.2, -0.15) is 4.31 Å². The summed E-state index contributed by atoms with van der Waals surface area (Å²) in [6.45, 7) is 6.98. The van der Waals surface area contributed by atoms with Gasteiger partial charge in [0.05, 0.1) is 36.9 Å². The van der Waals surface area contributed by atoms with Crippen LogP contribution in [0.1, 0.15) is 29.5 Å². The van der Waals surface area contributed by atoms with E-state index in [2.05, 4.69) is 4.90 Å². The van der Waals surface area contributed by atoms with Crippen molar-refractivity contribution in [3.05, 3.63) is 59.1 Å². The number of sulfonamides is 1. The number of ketones is 1. The van der Waals surface area contributed by atoms with Crippen molar-refractivity contribution in [2.45, 2.75) is 24.3 Å². The molecular weight excluding hydrogens is 526 g/mol. The number of furan rings is 1. The smallest absolute Gasteiger partial charge is 0.295 e. The predicted octanol–water partition coefficient (Wildman–Crippen LogP) is 1.75. The topological polar surface area (TPSA) is 130 Å². The number of aliphatic hydroxyl groups excluding tert-OH is 1. The minimum atomic E-state index is -3.72. The van der Waals surface area contributed by atoms with E-state index in [1.165, 1.54) is 33.5 Å². The summed E-state index contributed by atoms with van der Waals surface area (Å²) in [5.41, 5.74) is 0.153. The highest BCUT2D eigenvalue weighted by atomic mass is 32.2. The second-order valence-corrected chi connectivity index (χ2v) is 11.7. The number of ether oxygens (including phenoxy) is 2. The zero-order chi connectivity index (χ0) is 27.6. The van der Waals surface area contributed by atoms with E-state index in [-0.39, 0.29) is 34.9 Å². The van der Waals surface area contributed by atoms with Crippen molar-refractivity contribution in [1.29, 1.82) is 0 Å². The highest BCUT2D eigenvalue weighted by Crippen LogP contribution is 2.40. The van der Waals surface area contributed by atoms with E-state index in [0.29, 0.717) is 50.9 Å². The Morgan fingerprint density at radius 1 is 0.923 bits per heavy atom. The van der Waals surface area contributed by atoms with Crippen LogP contribution in [0.4, 0.5) is 0 Å². The number of Topliss-reactive ketones (excluding diaryl/α,β-unsaturated/α-hetero) is 1. The van der Waals surface area contributed by atoms with Gasteiger partial charge in [-0.25, -0.2) is 8.42 Å². The average Bonchev–Trinajstić information content (AvgIpc) is 3.49. The monoisotopic (exact) mass is 559 g/mol. The average molecular weight is 560 g/mol. The number of carbonyl (C=O) groups is 2. The number of hydrogen-bond donors (Lipinski definition) is 1. The number of hydrogen-bond acceptors (Lipinski definition) is 9. The van der Waals surface area contributed by atoms with Crippen LogP contribution >= 0.6 is 0 Å². The maximum Gasteiger partial charge on any atom is 0.295 e. The summed E-state index contributed by atoms with van der Waals surface area (Å²) in [5, 5.41) is 11.3. The van der Waals surface area contributed by atoms with Crippen molar-refractivity contribution in [3.8, 4) is 0 Å². The largest absolute Gasteiger partial charge is 0.507 e. The third-order valence-corrected chi connectivity index (χ3v) is 9.20. The van der Waals surface area contributed by atoms with Crippen molar-refractivity contribution < 1.29 is 37.0 Å². The Hall–Kier alpha value is -3.03. The number of aryl methyl sites for hydroxylation is 1. The maximum absolute atomic E-state index is 13.2. The fourth-order valence-electron chi connectivity index (χ4n) is 5.17. The van der Waals surface area contributed by atoms with Gasteiger partial charge in [-0.3, -0.25) is 14.5 Å². The van der Waals surface area contributed by atoms with E-state index < -0.39 is 27.8 Å². The Kier molecular flexibility index (Phi) is 8.19. The molecule has 0 unspecified atom stereocenters. The third-order valence-electron chi connectivity index (χ3n) is 7.28. The number of nitrogens with zero attached hydrogens (tertiary/aromatic N) is 3. The Balaban J connectivity index is 1.42. The van der Waals surface area contributed by atoms with Crippen molar-refractivity contribution in [2.75, 3.05) is 65.7 Å². The van der Waals surface area contributed by atoms with Gasteiger partial charge in [0, 0.05) is 44.8 Å². The van der Waals surface area contributed by atoms with E-state index in [1.807, 2.05) is 0 Å². The quantitative estimate of drug-likeness (QED) is 0.292. The number of rotatable bonds is 8. The molecule has 3 saturated heterocycles. The summed E-state index contributed by atoms with van der Waals surface area (Å²) in [5.74, 6) is -0.891. The van der Waals surface area contributed by atoms with Gasteiger partial charge >= 0.3 is 0 Å². The van der Waals surface area contributed by atoms with Gasteiger partial charge in [0.25, 0.3) is 11.7 Å². The number of benzene rings is 1. The lowest BCUT2D eigenvalue weighted by Crippen LogP contribution is -2.40. The second kappa shape index (κ2) is 11.6. The first kappa shape index (κ1) is 27.5. The molecule has 3 aliphatic rings. The lowest BCUT2D eigenvalue weighted by Gasteiger charge is -2.28. The van der Waals surface area contributed by atoms with Gasteiger partial charge < -0.3 is 23.9 Å². The number of likely N-dealkylation sites (tertiary alicyclic amines) is 1. The fourth-order valence-corrected chi connectivity index (χ4v) is 6.58. The normalized spacial score (nSPS) is 23.0. The summed E-state index contributed by atoms with van der Waals surface area (Å²) < 4.78 is 43.8. The van der Waals surface area contributed by atoms with Crippen LogP contribution in [-0.2, 0) is 29.1 Å². The molecule has 1 atom stereocenters. The van der Waals surface area contributed by atoms with Crippen molar-refractivity contribution in [2.24, 2.45) is 0 Å². The molecule has 1 aromatic carbocycles. The van der Waals surface area contributed by atoms with Crippen LogP contribution in [0.25, 0.3) is 5.76 Å². The van der Waals surface area contributed by atoms with Crippen molar-refractivity contribution in [1.82, 2.24) is 14.1 Å². The summed E-state index contributed by atoms with van der Waals surface area (Å²) >= 11 is 0. The molecule has 0 saturated carbocycles. The first-order valence-electron chi connectivity index (χ1n) is 13.1. The predicted molar refractivity (Wildman–Crippen MR) is 140 cm³/mol. The summed E-state index contributed by atoms with van der Waals surface area (Å²) in [6.07, 6.45) is 0.636. The molecule has 3 fully saturated rings.